The lowest BCUT2D eigenvalue weighted by Gasteiger charge is -2.24. The van der Waals surface area contributed by atoms with Crippen molar-refractivity contribution >= 4 is 21.7 Å². The van der Waals surface area contributed by atoms with Crippen LogP contribution in [0.2, 0.25) is 0 Å². The van der Waals surface area contributed by atoms with Crippen LogP contribution in [0, 0.1) is 0 Å². The Hall–Kier alpha value is -0.740. The van der Waals surface area contributed by atoms with Crippen LogP contribution in [-0.2, 0) is 16.0 Å². The van der Waals surface area contributed by atoms with Gasteiger partial charge in [0.1, 0.15) is 5.60 Å². The molecule has 3 nitrogen and oxygen atoms in total. The maximum atomic E-state index is 12.0. The molecule has 0 bridgehead atoms. The van der Waals surface area contributed by atoms with Crippen molar-refractivity contribution in [1.29, 1.82) is 0 Å². The summed E-state index contributed by atoms with van der Waals surface area (Å²) >= 11 is 3.31. The van der Waals surface area contributed by atoms with E-state index in [2.05, 4.69) is 20.9 Å². The van der Waals surface area contributed by atoms with E-state index in [9.17, 15) is 4.79 Å². The number of halogens is 1. The largest absolute Gasteiger partial charge is 0.371 e. The molecule has 4 heteroatoms. The average molecular weight is 286 g/mol. The van der Waals surface area contributed by atoms with Gasteiger partial charge in [-0.2, -0.15) is 0 Å². The van der Waals surface area contributed by atoms with Crippen LogP contribution in [0.1, 0.15) is 26.0 Å². The van der Waals surface area contributed by atoms with Crippen LogP contribution in [0.4, 0.5) is 0 Å². The molecule has 0 N–H and O–H groups in total. The summed E-state index contributed by atoms with van der Waals surface area (Å²) in [6.07, 6.45) is 2.67. The first-order valence-corrected chi connectivity index (χ1v) is 6.00. The summed E-state index contributed by atoms with van der Waals surface area (Å²) in [5.41, 5.74) is 0.0688. The first kappa shape index (κ1) is 13.3. The lowest BCUT2D eigenvalue weighted by Crippen LogP contribution is -2.38. The van der Waals surface area contributed by atoms with Gasteiger partial charge in [-0.1, -0.05) is 6.92 Å². The number of hydrogen-bond acceptors (Lipinski definition) is 3. The third kappa shape index (κ3) is 3.12. The molecule has 0 aliphatic heterocycles. The zero-order chi connectivity index (χ0) is 12.2. The summed E-state index contributed by atoms with van der Waals surface area (Å²) in [4.78, 5) is 16.2. The van der Waals surface area contributed by atoms with E-state index >= 15 is 0 Å². The highest BCUT2D eigenvalue weighted by atomic mass is 79.9. The molecule has 0 fully saturated rings. The monoisotopic (exact) mass is 285 g/mol. The van der Waals surface area contributed by atoms with Gasteiger partial charge in [-0.15, -0.1) is 0 Å². The summed E-state index contributed by atoms with van der Waals surface area (Å²) in [7, 11) is 1.57. The quantitative estimate of drug-likeness (QED) is 0.835. The summed E-state index contributed by atoms with van der Waals surface area (Å²) in [5, 5.41) is 0. The number of ketones is 1. The van der Waals surface area contributed by atoms with Gasteiger partial charge in [0.25, 0.3) is 0 Å². The standard InChI is InChI=1S/C12H16BrNO2/c1-4-12(2,16-3)11(15)7-10-6-5-9(13)8-14-10/h5-6,8H,4,7H2,1-3H3. The molecular formula is C12H16BrNO2. The Kier molecular flexibility index (Phi) is 4.62. The molecule has 1 atom stereocenters. The normalized spacial score (nSPS) is 14.5. The third-order valence-corrected chi connectivity index (χ3v) is 3.31. The highest BCUT2D eigenvalue weighted by molar-refractivity contribution is 9.10. The van der Waals surface area contributed by atoms with Gasteiger partial charge in [0.15, 0.2) is 5.78 Å². The van der Waals surface area contributed by atoms with Gasteiger partial charge in [0.2, 0.25) is 0 Å². The molecule has 0 aliphatic carbocycles. The number of pyridine rings is 1. The fraction of sp³-hybridized carbons (Fsp3) is 0.500. The van der Waals surface area contributed by atoms with Crippen LogP contribution in [0.5, 0.6) is 0 Å². The van der Waals surface area contributed by atoms with Crippen molar-refractivity contribution in [1.82, 2.24) is 4.98 Å². The lowest BCUT2D eigenvalue weighted by atomic mass is 9.94. The first-order chi connectivity index (χ1) is 7.51. The fourth-order valence-corrected chi connectivity index (χ4v) is 1.55. The Morgan fingerprint density at radius 2 is 2.25 bits per heavy atom. The zero-order valence-corrected chi connectivity index (χ0v) is 11.4. The van der Waals surface area contributed by atoms with Crippen LogP contribution in [-0.4, -0.2) is 23.5 Å². The molecule has 1 aromatic rings. The number of carbonyl (C=O) groups is 1. The predicted octanol–water partition coefficient (Wildman–Crippen LogP) is 2.77. The third-order valence-electron chi connectivity index (χ3n) is 2.85. The molecule has 0 aliphatic rings. The molecule has 0 saturated carbocycles. The van der Waals surface area contributed by atoms with Gasteiger partial charge in [0, 0.05) is 23.5 Å². The van der Waals surface area contributed by atoms with Crippen molar-refractivity contribution in [2.24, 2.45) is 0 Å². The van der Waals surface area contributed by atoms with E-state index in [0.717, 1.165) is 10.2 Å². The van der Waals surface area contributed by atoms with Crippen molar-refractivity contribution in [2.45, 2.75) is 32.3 Å². The number of rotatable bonds is 5. The van der Waals surface area contributed by atoms with E-state index in [1.54, 1.807) is 13.3 Å². The van der Waals surface area contributed by atoms with Crippen molar-refractivity contribution in [3.8, 4) is 0 Å². The van der Waals surface area contributed by atoms with E-state index in [4.69, 9.17) is 4.74 Å². The molecule has 1 aromatic heterocycles. The Morgan fingerprint density at radius 3 is 2.69 bits per heavy atom. The second-order valence-electron chi connectivity index (χ2n) is 3.86. The number of hydrogen-bond donors (Lipinski definition) is 0. The summed E-state index contributed by atoms with van der Waals surface area (Å²) < 4.78 is 6.17. The molecule has 88 valence electrons. The van der Waals surface area contributed by atoms with Crippen LogP contribution >= 0.6 is 15.9 Å². The highest BCUT2D eigenvalue weighted by Gasteiger charge is 2.30. The Morgan fingerprint density at radius 1 is 1.56 bits per heavy atom. The fourth-order valence-electron chi connectivity index (χ4n) is 1.32. The predicted molar refractivity (Wildman–Crippen MR) is 66.4 cm³/mol. The molecule has 1 heterocycles. The van der Waals surface area contributed by atoms with E-state index < -0.39 is 5.60 Å². The zero-order valence-electron chi connectivity index (χ0n) is 9.79. The Bertz CT molecular complexity index is 358. The van der Waals surface area contributed by atoms with Crippen molar-refractivity contribution in [3.05, 3.63) is 28.5 Å². The molecule has 16 heavy (non-hydrogen) atoms. The number of aromatic nitrogens is 1. The highest BCUT2D eigenvalue weighted by Crippen LogP contribution is 2.18. The first-order valence-electron chi connectivity index (χ1n) is 5.20. The molecule has 0 aromatic carbocycles. The smallest absolute Gasteiger partial charge is 0.170 e. The number of ether oxygens (including phenoxy) is 1. The summed E-state index contributed by atoms with van der Waals surface area (Å²) in [6.45, 7) is 3.75. The minimum absolute atomic E-state index is 0.0623. The van der Waals surface area contributed by atoms with Crippen LogP contribution in [0.15, 0.2) is 22.8 Å². The molecule has 0 amide bonds. The van der Waals surface area contributed by atoms with E-state index in [0.29, 0.717) is 12.8 Å². The SMILES string of the molecule is CCC(C)(OC)C(=O)Cc1ccc(Br)cn1. The van der Waals surface area contributed by atoms with Gasteiger partial charge in [-0.25, -0.2) is 0 Å². The molecule has 0 spiro atoms. The van der Waals surface area contributed by atoms with Gasteiger partial charge < -0.3 is 4.74 Å². The van der Waals surface area contributed by atoms with Crippen LogP contribution < -0.4 is 0 Å². The number of nitrogens with zero attached hydrogens (tertiary/aromatic N) is 1. The molecule has 0 radical (unpaired) electrons. The topological polar surface area (TPSA) is 39.2 Å². The van der Waals surface area contributed by atoms with Gasteiger partial charge in [-0.3, -0.25) is 9.78 Å². The lowest BCUT2D eigenvalue weighted by molar-refractivity contribution is -0.138. The van der Waals surface area contributed by atoms with Gasteiger partial charge in [0.05, 0.1) is 6.42 Å². The Labute approximate surface area is 104 Å². The minimum atomic E-state index is -0.700. The van der Waals surface area contributed by atoms with Crippen molar-refractivity contribution in [2.75, 3.05) is 7.11 Å². The molecule has 0 saturated heterocycles. The van der Waals surface area contributed by atoms with Gasteiger partial charge >= 0.3 is 0 Å². The van der Waals surface area contributed by atoms with Crippen LogP contribution in [0.3, 0.4) is 0 Å². The van der Waals surface area contributed by atoms with Gasteiger partial charge in [-0.05, 0) is 41.4 Å². The second kappa shape index (κ2) is 5.55. The maximum absolute atomic E-state index is 12.0. The molecular weight excluding hydrogens is 270 g/mol. The van der Waals surface area contributed by atoms with Crippen molar-refractivity contribution in [3.63, 3.8) is 0 Å². The average Bonchev–Trinajstić information content (AvgIpc) is 2.31. The number of carbonyl (C=O) groups excluding carboxylic acids is 1. The van der Waals surface area contributed by atoms with E-state index in [-0.39, 0.29) is 5.78 Å². The minimum Gasteiger partial charge on any atom is -0.371 e. The second-order valence-corrected chi connectivity index (χ2v) is 4.77. The maximum Gasteiger partial charge on any atom is 0.170 e. The molecule has 1 unspecified atom stereocenters. The molecule has 1 rings (SSSR count). The van der Waals surface area contributed by atoms with E-state index in [1.165, 1.54) is 0 Å². The summed E-state index contributed by atoms with van der Waals surface area (Å²) in [5.74, 6) is 0.0623. The van der Waals surface area contributed by atoms with E-state index in [1.807, 2.05) is 26.0 Å². The van der Waals surface area contributed by atoms with Crippen LogP contribution in [0.25, 0.3) is 0 Å². The number of methoxy groups -OCH3 is 1. The number of Topliss-reactive ketones (excluding diaryl/α,β-unsaturated/α-hetero) is 1. The Balaban J connectivity index is 2.74. The summed E-state index contributed by atoms with van der Waals surface area (Å²) in [6, 6.07) is 3.72. The van der Waals surface area contributed by atoms with Crippen molar-refractivity contribution < 1.29 is 9.53 Å².